The maximum atomic E-state index is 8.55. The van der Waals surface area contributed by atoms with Gasteiger partial charge in [-0.25, -0.2) is 0 Å². The van der Waals surface area contributed by atoms with Gasteiger partial charge in [0, 0.05) is 32.8 Å². The van der Waals surface area contributed by atoms with E-state index in [9.17, 15) is 0 Å². The van der Waals surface area contributed by atoms with Crippen molar-refractivity contribution in [1.29, 1.82) is 0 Å². The van der Waals surface area contributed by atoms with Gasteiger partial charge in [0.2, 0.25) is 0 Å². The maximum Gasteiger partial charge on any atom is 0.119 e. The van der Waals surface area contributed by atoms with Crippen molar-refractivity contribution in [2.24, 2.45) is 5.73 Å². The Morgan fingerprint density at radius 2 is 1.71 bits per heavy atom. The van der Waals surface area contributed by atoms with Crippen molar-refractivity contribution < 1.29 is 14.6 Å². The number of ether oxygens (including phenoxy) is 2. The molecule has 0 radical (unpaired) electrons. The molecular weight excluding hydrogens is 218 g/mol. The van der Waals surface area contributed by atoms with Gasteiger partial charge in [0.1, 0.15) is 5.75 Å². The molecule has 0 amide bonds. The third-order valence-electron chi connectivity index (χ3n) is 2.31. The second-order valence-electron chi connectivity index (χ2n) is 3.74. The molecule has 0 spiro atoms. The summed E-state index contributed by atoms with van der Waals surface area (Å²) in [6.45, 7) is 2.66. The Balaban J connectivity index is 2.05. The molecule has 1 rings (SSSR count). The highest BCUT2D eigenvalue weighted by molar-refractivity contribution is 5.26. The summed E-state index contributed by atoms with van der Waals surface area (Å²) in [6, 6.07) is 7.78. The van der Waals surface area contributed by atoms with Gasteiger partial charge in [-0.2, -0.15) is 0 Å². The van der Waals surface area contributed by atoms with Gasteiger partial charge in [-0.3, -0.25) is 0 Å². The average Bonchev–Trinajstić information content (AvgIpc) is 2.38. The maximum absolute atomic E-state index is 8.55. The molecule has 4 nitrogen and oxygen atoms in total. The summed E-state index contributed by atoms with van der Waals surface area (Å²) < 4.78 is 10.8. The minimum Gasteiger partial charge on any atom is -0.494 e. The molecule has 0 saturated carbocycles. The standard InChI is InChI=1S/C13H21NO3/c14-11-12-3-5-13(6-4-12)17-10-2-9-16-8-1-7-15/h3-6,15H,1-2,7-11,14H2. The average molecular weight is 239 g/mol. The van der Waals surface area contributed by atoms with Crippen molar-refractivity contribution in [1.82, 2.24) is 0 Å². The van der Waals surface area contributed by atoms with Crippen LogP contribution < -0.4 is 10.5 Å². The summed E-state index contributed by atoms with van der Waals surface area (Å²) in [5.74, 6) is 0.859. The monoisotopic (exact) mass is 239 g/mol. The van der Waals surface area contributed by atoms with E-state index in [-0.39, 0.29) is 6.61 Å². The number of rotatable bonds is 9. The van der Waals surface area contributed by atoms with E-state index in [1.165, 1.54) is 0 Å². The van der Waals surface area contributed by atoms with Crippen LogP contribution in [0.5, 0.6) is 5.75 Å². The Kier molecular flexibility index (Phi) is 7.38. The molecule has 17 heavy (non-hydrogen) atoms. The van der Waals surface area contributed by atoms with Crippen LogP contribution in [0.4, 0.5) is 0 Å². The summed E-state index contributed by atoms with van der Waals surface area (Å²) in [5.41, 5.74) is 6.61. The van der Waals surface area contributed by atoms with Crippen molar-refractivity contribution in [2.75, 3.05) is 26.4 Å². The number of benzene rings is 1. The van der Waals surface area contributed by atoms with E-state index in [4.69, 9.17) is 20.3 Å². The van der Waals surface area contributed by atoms with Gasteiger partial charge < -0.3 is 20.3 Å². The molecule has 0 aromatic heterocycles. The Hall–Kier alpha value is -1.10. The number of nitrogens with two attached hydrogens (primary N) is 1. The number of hydrogen-bond acceptors (Lipinski definition) is 4. The van der Waals surface area contributed by atoms with E-state index in [2.05, 4.69) is 0 Å². The first-order valence-electron chi connectivity index (χ1n) is 5.97. The lowest BCUT2D eigenvalue weighted by Crippen LogP contribution is -2.05. The quantitative estimate of drug-likeness (QED) is 0.638. The van der Waals surface area contributed by atoms with Gasteiger partial charge in [-0.1, -0.05) is 12.1 Å². The Morgan fingerprint density at radius 3 is 2.35 bits per heavy atom. The second-order valence-corrected chi connectivity index (χ2v) is 3.74. The highest BCUT2D eigenvalue weighted by atomic mass is 16.5. The SMILES string of the molecule is NCc1ccc(OCCCOCCCO)cc1. The molecule has 96 valence electrons. The van der Waals surface area contributed by atoms with Crippen LogP contribution in [0.15, 0.2) is 24.3 Å². The molecule has 0 bridgehead atoms. The third-order valence-corrected chi connectivity index (χ3v) is 2.31. The van der Waals surface area contributed by atoms with Crippen LogP contribution in [0.1, 0.15) is 18.4 Å². The molecule has 4 heteroatoms. The summed E-state index contributed by atoms with van der Waals surface area (Å²) in [6.07, 6.45) is 1.55. The molecule has 0 aliphatic heterocycles. The smallest absolute Gasteiger partial charge is 0.119 e. The predicted octanol–water partition coefficient (Wildman–Crippen LogP) is 1.31. The van der Waals surface area contributed by atoms with Crippen molar-refractivity contribution in [3.63, 3.8) is 0 Å². The van der Waals surface area contributed by atoms with Gasteiger partial charge in [0.15, 0.2) is 0 Å². The van der Waals surface area contributed by atoms with Gasteiger partial charge in [-0.05, 0) is 24.1 Å². The molecule has 0 heterocycles. The van der Waals surface area contributed by atoms with E-state index >= 15 is 0 Å². The van der Waals surface area contributed by atoms with Gasteiger partial charge in [0.05, 0.1) is 6.61 Å². The van der Waals surface area contributed by atoms with Gasteiger partial charge >= 0.3 is 0 Å². The van der Waals surface area contributed by atoms with Crippen LogP contribution >= 0.6 is 0 Å². The fraction of sp³-hybridized carbons (Fsp3) is 0.538. The fourth-order valence-electron chi connectivity index (χ4n) is 1.34. The van der Waals surface area contributed by atoms with E-state index in [1.54, 1.807) is 0 Å². The van der Waals surface area contributed by atoms with Crippen molar-refractivity contribution in [3.8, 4) is 5.75 Å². The summed E-state index contributed by atoms with van der Waals surface area (Å²) in [4.78, 5) is 0. The lowest BCUT2D eigenvalue weighted by atomic mass is 10.2. The van der Waals surface area contributed by atoms with Crippen LogP contribution in [0.3, 0.4) is 0 Å². The van der Waals surface area contributed by atoms with Crippen LogP contribution in [-0.2, 0) is 11.3 Å². The lowest BCUT2D eigenvalue weighted by molar-refractivity contribution is 0.104. The van der Waals surface area contributed by atoms with Crippen LogP contribution in [0.2, 0.25) is 0 Å². The van der Waals surface area contributed by atoms with Crippen molar-refractivity contribution in [2.45, 2.75) is 19.4 Å². The normalized spacial score (nSPS) is 10.5. The summed E-state index contributed by atoms with van der Waals surface area (Å²) >= 11 is 0. The zero-order valence-electron chi connectivity index (χ0n) is 10.1. The molecular formula is C13H21NO3. The first kappa shape index (κ1) is 14.0. The predicted molar refractivity (Wildman–Crippen MR) is 67.0 cm³/mol. The van der Waals surface area contributed by atoms with Crippen molar-refractivity contribution >= 4 is 0 Å². The van der Waals surface area contributed by atoms with E-state index in [1.807, 2.05) is 24.3 Å². The van der Waals surface area contributed by atoms with E-state index in [0.29, 0.717) is 32.8 Å². The largest absolute Gasteiger partial charge is 0.494 e. The first-order valence-corrected chi connectivity index (χ1v) is 5.97. The molecule has 0 saturated heterocycles. The topological polar surface area (TPSA) is 64.7 Å². The van der Waals surface area contributed by atoms with Gasteiger partial charge in [0.25, 0.3) is 0 Å². The zero-order valence-corrected chi connectivity index (χ0v) is 10.1. The number of hydrogen-bond donors (Lipinski definition) is 2. The number of aliphatic hydroxyl groups excluding tert-OH is 1. The second kappa shape index (κ2) is 8.98. The fourth-order valence-corrected chi connectivity index (χ4v) is 1.34. The summed E-state index contributed by atoms with van der Waals surface area (Å²) in [5, 5.41) is 8.55. The van der Waals surface area contributed by atoms with Crippen LogP contribution in [-0.4, -0.2) is 31.5 Å². The molecule has 0 atom stereocenters. The highest BCUT2D eigenvalue weighted by Gasteiger charge is 1.95. The minimum atomic E-state index is 0.185. The Bertz CT molecular complexity index is 287. The zero-order chi connectivity index (χ0) is 12.3. The lowest BCUT2D eigenvalue weighted by Gasteiger charge is -2.07. The molecule has 1 aromatic rings. The van der Waals surface area contributed by atoms with E-state index in [0.717, 1.165) is 17.7 Å². The van der Waals surface area contributed by atoms with E-state index < -0.39 is 0 Å². The van der Waals surface area contributed by atoms with Crippen molar-refractivity contribution in [3.05, 3.63) is 29.8 Å². The number of aliphatic hydroxyl groups is 1. The van der Waals surface area contributed by atoms with Gasteiger partial charge in [-0.15, -0.1) is 0 Å². The molecule has 1 aromatic carbocycles. The third kappa shape index (κ3) is 6.26. The molecule has 0 unspecified atom stereocenters. The highest BCUT2D eigenvalue weighted by Crippen LogP contribution is 2.11. The molecule has 0 aliphatic carbocycles. The van der Waals surface area contributed by atoms with Crippen LogP contribution in [0.25, 0.3) is 0 Å². The molecule has 0 fully saturated rings. The van der Waals surface area contributed by atoms with Crippen LogP contribution in [0, 0.1) is 0 Å². The summed E-state index contributed by atoms with van der Waals surface area (Å²) in [7, 11) is 0. The molecule has 3 N–H and O–H groups in total. The Labute approximate surface area is 102 Å². The molecule has 0 aliphatic rings. The minimum absolute atomic E-state index is 0.185. The Morgan fingerprint density at radius 1 is 1.00 bits per heavy atom. The first-order chi connectivity index (χ1) is 8.36.